The fourth-order valence-corrected chi connectivity index (χ4v) is 2.26. The highest BCUT2D eigenvalue weighted by Crippen LogP contribution is 2.21. The van der Waals surface area contributed by atoms with E-state index >= 15 is 0 Å². The van der Waals surface area contributed by atoms with Crippen molar-refractivity contribution in [3.63, 3.8) is 0 Å². The lowest BCUT2D eigenvalue weighted by atomic mass is 10.0. The number of rotatable bonds is 6. The Kier molecular flexibility index (Phi) is 5.13. The molecule has 2 N–H and O–H groups in total. The monoisotopic (exact) mass is 269 g/mol. The first kappa shape index (κ1) is 14.5. The maximum absolute atomic E-state index is 6.06. The molecule has 20 heavy (non-hydrogen) atoms. The summed E-state index contributed by atoms with van der Waals surface area (Å²) in [5.41, 5.74) is 9.77. The molecule has 1 heterocycles. The van der Waals surface area contributed by atoms with Crippen LogP contribution in [0.25, 0.3) is 0 Å². The first-order valence-corrected chi connectivity index (χ1v) is 7.24. The number of pyridine rings is 1. The maximum atomic E-state index is 6.06. The maximum Gasteiger partial charge on any atom is 0.0430 e. The van der Waals surface area contributed by atoms with E-state index in [9.17, 15) is 0 Å². The molecule has 0 spiro atoms. The number of nitrogens with zero attached hydrogens (tertiary/aromatic N) is 2. The molecular formula is C17H23N3. The van der Waals surface area contributed by atoms with Crippen molar-refractivity contribution in [2.45, 2.75) is 32.9 Å². The van der Waals surface area contributed by atoms with E-state index in [0.717, 1.165) is 19.5 Å². The molecule has 2 aromatic rings. The zero-order valence-corrected chi connectivity index (χ0v) is 12.3. The van der Waals surface area contributed by atoms with Gasteiger partial charge in [-0.2, -0.15) is 0 Å². The van der Waals surface area contributed by atoms with E-state index in [0.29, 0.717) is 0 Å². The lowest BCUT2D eigenvalue weighted by Crippen LogP contribution is -2.22. The zero-order valence-electron chi connectivity index (χ0n) is 12.3. The van der Waals surface area contributed by atoms with Crippen LogP contribution in [0, 0.1) is 0 Å². The molecule has 0 bridgehead atoms. The minimum atomic E-state index is 0.138. The largest absolute Gasteiger partial charge is 0.367 e. The molecule has 0 aliphatic rings. The third-order valence-electron chi connectivity index (χ3n) is 3.63. The molecule has 2 rings (SSSR count). The first-order valence-electron chi connectivity index (χ1n) is 7.24. The van der Waals surface area contributed by atoms with Crippen molar-refractivity contribution >= 4 is 5.69 Å². The Balaban J connectivity index is 2.11. The van der Waals surface area contributed by atoms with Gasteiger partial charge >= 0.3 is 0 Å². The molecule has 0 radical (unpaired) electrons. The summed E-state index contributed by atoms with van der Waals surface area (Å²) in [4.78, 5) is 6.40. The first-order chi connectivity index (χ1) is 9.74. The van der Waals surface area contributed by atoms with Crippen molar-refractivity contribution in [3.05, 3.63) is 59.9 Å². The second-order valence-electron chi connectivity index (χ2n) is 4.98. The summed E-state index contributed by atoms with van der Waals surface area (Å²) in [7, 11) is 0. The molecule has 1 aromatic heterocycles. The van der Waals surface area contributed by atoms with Gasteiger partial charge in [0.2, 0.25) is 0 Å². The van der Waals surface area contributed by atoms with E-state index in [2.05, 4.69) is 60.1 Å². The van der Waals surface area contributed by atoms with Crippen LogP contribution in [-0.2, 0) is 6.54 Å². The predicted octanol–water partition coefficient (Wildman–Crippen LogP) is 3.52. The van der Waals surface area contributed by atoms with E-state index in [4.69, 9.17) is 5.73 Å². The van der Waals surface area contributed by atoms with Crippen LogP contribution >= 0.6 is 0 Å². The number of hydrogen-bond donors (Lipinski definition) is 1. The molecule has 1 atom stereocenters. The lowest BCUT2D eigenvalue weighted by molar-refractivity contribution is 0.698. The number of benzene rings is 1. The molecule has 0 fully saturated rings. The van der Waals surface area contributed by atoms with Gasteiger partial charge in [-0.3, -0.25) is 4.98 Å². The molecular weight excluding hydrogens is 246 g/mol. The predicted molar refractivity (Wildman–Crippen MR) is 84.6 cm³/mol. The molecule has 0 aliphatic heterocycles. The van der Waals surface area contributed by atoms with Gasteiger partial charge in [0.1, 0.15) is 0 Å². The third kappa shape index (κ3) is 3.58. The van der Waals surface area contributed by atoms with E-state index in [1.54, 1.807) is 0 Å². The Bertz CT molecular complexity index is 508. The molecule has 0 saturated heterocycles. The highest BCUT2D eigenvalue weighted by atomic mass is 15.1. The number of anilines is 1. The second-order valence-corrected chi connectivity index (χ2v) is 4.98. The summed E-state index contributed by atoms with van der Waals surface area (Å²) in [5.74, 6) is 0. The van der Waals surface area contributed by atoms with Crippen molar-refractivity contribution in [2.24, 2.45) is 5.73 Å². The van der Waals surface area contributed by atoms with Gasteiger partial charge in [0.15, 0.2) is 0 Å². The highest BCUT2D eigenvalue weighted by molar-refractivity contribution is 5.48. The Morgan fingerprint density at radius 3 is 2.25 bits per heavy atom. The van der Waals surface area contributed by atoms with Crippen LogP contribution in [0.15, 0.2) is 48.8 Å². The van der Waals surface area contributed by atoms with Crippen molar-refractivity contribution in [1.29, 1.82) is 0 Å². The molecule has 0 amide bonds. The summed E-state index contributed by atoms with van der Waals surface area (Å²) < 4.78 is 0. The average Bonchev–Trinajstić information content (AvgIpc) is 2.53. The SMILES string of the molecule is CC[C@@H](N)c1ccc(N(CC)Cc2ccncc2)cc1. The van der Waals surface area contributed by atoms with Gasteiger partial charge in [-0.25, -0.2) is 0 Å². The van der Waals surface area contributed by atoms with Crippen LogP contribution in [0.5, 0.6) is 0 Å². The average molecular weight is 269 g/mol. The van der Waals surface area contributed by atoms with Crippen molar-refractivity contribution in [3.8, 4) is 0 Å². The van der Waals surface area contributed by atoms with Gasteiger partial charge in [0.05, 0.1) is 0 Å². The van der Waals surface area contributed by atoms with Crippen LogP contribution in [0.1, 0.15) is 37.4 Å². The van der Waals surface area contributed by atoms with Crippen molar-refractivity contribution < 1.29 is 0 Å². The highest BCUT2D eigenvalue weighted by Gasteiger charge is 2.07. The Morgan fingerprint density at radius 2 is 1.70 bits per heavy atom. The van der Waals surface area contributed by atoms with E-state index < -0.39 is 0 Å². The van der Waals surface area contributed by atoms with Gasteiger partial charge in [-0.1, -0.05) is 19.1 Å². The van der Waals surface area contributed by atoms with Crippen LogP contribution in [0.4, 0.5) is 5.69 Å². The topological polar surface area (TPSA) is 42.1 Å². The number of nitrogens with two attached hydrogens (primary N) is 1. The standard InChI is InChI=1S/C17H23N3/c1-3-17(18)15-5-7-16(8-6-15)20(4-2)13-14-9-11-19-12-10-14/h5-12,17H,3-4,13,18H2,1-2H3/t17-/m1/s1. The second kappa shape index (κ2) is 7.06. The molecule has 3 nitrogen and oxygen atoms in total. The number of aromatic nitrogens is 1. The minimum absolute atomic E-state index is 0.138. The van der Waals surface area contributed by atoms with Crippen LogP contribution in [0.2, 0.25) is 0 Å². The third-order valence-corrected chi connectivity index (χ3v) is 3.63. The van der Waals surface area contributed by atoms with E-state index in [1.807, 2.05) is 12.4 Å². The Morgan fingerprint density at radius 1 is 1.05 bits per heavy atom. The van der Waals surface area contributed by atoms with Gasteiger partial charge in [-0.05, 0) is 48.7 Å². The molecule has 106 valence electrons. The van der Waals surface area contributed by atoms with Crippen molar-refractivity contribution in [2.75, 3.05) is 11.4 Å². The van der Waals surface area contributed by atoms with Gasteiger partial charge < -0.3 is 10.6 Å². The van der Waals surface area contributed by atoms with Gasteiger partial charge in [-0.15, -0.1) is 0 Å². The van der Waals surface area contributed by atoms with E-state index in [-0.39, 0.29) is 6.04 Å². The van der Waals surface area contributed by atoms with Gasteiger partial charge in [0.25, 0.3) is 0 Å². The van der Waals surface area contributed by atoms with E-state index in [1.165, 1.54) is 16.8 Å². The molecule has 0 unspecified atom stereocenters. The molecule has 1 aromatic carbocycles. The van der Waals surface area contributed by atoms with Crippen LogP contribution < -0.4 is 10.6 Å². The summed E-state index contributed by atoms with van der Waals surface area (Å²) >= 11 is 0. The zero-order chi connectivity index (χ0) is 14.4. The molecule has 0 saturated carbocycles. The van der Waals surface area contributed by atoms with Crippen molar-refractivity contribution in [1.82, 2.24) is 4.98 Å². The summed E-state index contributed by atoms with van der Waals surface area (Å²) in [6.45, 7) is 6.16. The van der Waals surface area contributed by atoms with Crippen LogP contribution in [0.3, 0.4) is 0 Å². The minimum Gasteiger partial charge on any atom is -0.367 e. The summed E-state index contributed by atoms with van der Waals surface area (Å²) in [6, 6.07) is 12.9. The fraction of sp³-hybridized carbons (Fsp3) is 0.353. The smallest absolute Gasteiger partial charge is 0.0430 e. The molecule has 0 aliphatic carbocycles. The number of hydrogen-bond acceptors (Lipinski definition) is 3. The van der Waals surface area contributed by atoms with Crippen LogP contribution in [-0.4, -0.2) is 11.5 Å². The normalized spacial score (nSPS) is 12.2. The Hall–Kier alpha value is -1.87. The quantitative estimate of drug-likeness (QED) is 0.872. The Labute approximate surface area is 121 Å². The fourth-order valence-electron chi connectivity index (χ4n) is 2.26. The summed E-state index contributed by atoms with van der Waals surface area (Å²) in [6.07, 6.45) is 4.65. The van der Waals surface area contributed by atoms with Gasteiger partial charge in [0, 0.05) is 37.2 Å². The lowest BCUT2D eigenvalue weighted by Gasteiger charge is -2.24. The molecule has 3 heteroatoms. The summed E-state index contributed by atoms with van der Waals surface area (Å²) in [5, 5.41) is 0.